The largest absolute Gasteiger partial charge is 0.397 e. The number of benzene rings is 1. The molecule has 0 aliphatic heterocycles. The minimum absolute atomic E-state index is 0.0686. The predicted molar refractivity (Wildman–Crippen MR) is 69.6 cm³/mol. The predicted octanol–water partition coefficient (Wildman–Crippen LogP) is 3.43. The van der Waals surface area contributed by atoms with Crippen LogP contribution in [0, 0.1) is 5.82 Å². The van der Waals surface area contributed by atoms with E-state index in [1.165, 1.54) is 12.1 Å². The second-order valence-corrected chi connectivity index (χ2v) is 4.63. The second-order valence-electron chi connectivity index (χ2n) is 3.71. The molecule has 2 rings (SSSR count). The maximum absolute atomic E-state index is 13.1. The third kappa shape index (κ3) is 2.74. The fourth-order valence-electron chi connectivity index (χ4n) is 1.59. The monoisotopic (exact) mass is 251 g/mol. The molecule has 0 saturated carbocycles. The zero-order valence-electron chi connectivity index (χ0n) is 9.48. The number of anilines is 2. The Kier molecular flexibility index (Phi) is 3.58. The van der Waals surface area contributed by atoms with E-state index in [0.717, 1.165) is 11.4 Å². The Morgan fingerprint density at radius 3 is 3.00 bits per heavy atom. The molecule has 0 radical (unpaired) electrons. The van der Waals surface area contributed by atoms with Gasteiger partial charge in [-0.1, -0.05) is 6.92 Å². The number of rotatable bonds is 4. The Hall–Kier alpha value is -1.62. The number of nitrogens with zero attached hydrogens (tertiary/aromatic N) is 1. The quantitative estimate of drug-likeness (QED) is 0.818. The molecule has 1 heterocycles. The Morgan fingerprint density at radius 2 is 2.35 bits per heavy atom. The van der Waals surface area contributed by atoms with Crippen molar-refractivity contribution in [1.82, 2.24) is 4.98 Å². The van der Waals surface area contributed by atoms with Crippen molar-refractivity contribution in [3.05, 3.63) is 40.6 Å². The summed E-state index contributed by atoms with van der Waals surface area (Å²) in [5.41, 5.74) is 6.96. The number of halogens is 1. The molecule has 0 spiro atoms. The highest BCUT2D eigenvalue weighted by atomic mass is 32.1. The van der Waals surface area contributed by atoms with Crippen LogP contribution in [0.1, 0.15) is 24.4 Å². The summed E-state index contributed by atoms with van der Waals surface area (Å²) in [6.45, 7) is 2.05. The molecule has 0 saturated heterocycles. The molecule has 3 nitrogen and oxygen atoms in total. The first-order valence-corrected chi connectivity index (χ1v) is 6.29. The second kappa shape index (κ2) is 5.14. The van der Waals surface area contributed by atoms with Crippen molar-refractivity contribution < 1.29 is 4.39 Å². The van der Waals surface area contributed by atoms with Crippen LogP contribution in [0.25, 0.3) is 0 Å². The summed E-state index contributed by atoms with van der Waals surface area (Å²) in [6, 6.07) is 4.39. The summed E-state index contributed by atoms with van der Waals surface area (Å²) in [4.78, 5) is 4.26. The zero-order valence-corrected chi connectivity index (χ0v) is 10.3. The summed E-state index contributed by atoms with van der Waals surface area (Å²) in [7, 11) is 0. The van der Waals surface area contributed by atoms with Gasteiger partial charge in [-0.2, -0.15) is 0 Å². The minimum atomic E-state index is -0.296. The highest BCUT2D eigenvalue weighted by Crippen LogP contribution is 2.27. The maximum Gasteiger partial charge on any atom is 0.125 e. The van der Waals surface area contributed by atoms with Gasteiger partial charge in [0, 0.05) is 11.6 Å². The molecule has 0 aliphatic carbocycles. The Balaban J connectivity index is 2.21. The van der Waals surface area contributed by atoms with Gasteiger partial charge in [-0.05, 0) is 24.6 Å². The molecular formula is C12H14FN3S. The summed E-state index contributed by atoms with van der Waals surface area (Å²) in [5.74, 6) is -0.296. The molecule has 3 N–H and O–H groups in total. The van der Waals surface area contributed by atoms with Gasteiger partial charge in [-0.25, -0.2) is 9.37 Å². The number of aromatic nitrogens is 1. The van der Waals surface area contributed by atoms with Crippen molar-refractivity contribution >= 4 is 22.7 Å². The highest BCUT2D eigenvalue weighted by Gasteiger charge is 2.13. The van der Waals surface area contributed by atoms with Crippen molar-refractivity contribution in [1.29, 1.82) is 0 Å². The number of hydrogen-bond donors (Lipinski definition) is 2. The van der Waals surface area contributed by atoms with Gasteiger partial charge >= 0.3 is 0 Å². The van der Waals surface area contributed by atoms with E-state index < -0.39 is 0 Å². The molecule has 17 heavy (non-hydrogen) atoms. The lowest BCUT2D eigenvalue weighted by molar-refractivity contribution is 0.627. The van der Waals surface area contributed by atoms with E-state index in [1.807, 2.05) is 5.38 Å². The molecule has 0 aliphatic rings. The van der Waals surface area contributed by atoms with Gasteiger partial charge in [0.2, 0.25) is 0 Å². The number of nitrogen functional groups attached to an aromatic ring is 1. The van der Waals surface area contributed by atoms with Crippen LogP contribution in [0.5, 0.6) is 0 Å². The van der Waals surface area contributed by atoms with Gasteiger partial charge in [-0.3, -0.25) is 0 Å². The first kappa shape index (κ1) is 11.9. The number of nitrogens with one attached hydrogen (secondary N) is 1. The highest BCUT2D eigenvalue weighted by molar-refractivity contribution is 7.09. The first-order valence-electron chi connectivity index (χ1n) is 5.41. The van der Waals surface area contributed by atoms with Gasteiger partial charge in [-0.15, -0.1) is 11.3 Å². The van der Waals surface area contributed by atoms with Gasteiger partial charge in [0.05, 0.1) is 17.4 Å². The van der Waals surface area contributed by atoms with Crippen LogP contribution >= 0.6 is 11.3 Å². The molecule has 5 heteroatoms. The minimum Gasteiger partial charge on any atom is -0.397 e. The number of nitrogens with two attached hydrogens (primary N) is 1. The normalized spacial score (nSPS) is 12.4. The maximum atomic E-state index is 13.1. The lowest BCUT2D eigenvalue weighted by Crippen LogP contribution is -2.11. The van der Waals surface area contributed by atoms with Crippen LogP contribution in [-0.4, -0.2) is 4.98 Å². The molecule has 1 aromatic heterocycles. The van der Waals surface area contributed by atoms with E-state index >= 15 is 0 Å². The van der Waals surface area contributed by atoms with Crippen LogP contribution in [0.15, 0.2) is 29.8 Å². The molecule has 2 aromatic rings. The van der Waals surface area contributed by atoms with E-state index in [1.54, 1.807) is 23.6 Å². The Bertz CT molecular complexity index is 485. The average molecular weight is 251 g/mol. The fraction of sp³-hybridized carbons (Fsp3) is 0.250. The summed E-state index contributed by atoms with van der Waals surface area (Å²) < 4.78 is 13.1. The molecule has 90 valence electrons. The van der Waals surface area contributed by atoms with Crippen molar-refractivity contribution in [2.75, 3.05) is 11.1 Å². The standard InChI is InChI=1S/C12H14FN3S/c1-2-10(12-15-5-6-17-12)16-11-7-8(13)3-4-9(11)14/h3-7,10,16H,2,14H2,1H3. The molecule has 1 atom stereocenters. The zero-order chi connectivity index (χ0) is 12.3. The van der Waals surface area contributed by atoms with Crippen LogP contribution in [-0.2, 0) is 0 Å². The Morgan fingerprint density at radius 1 is 1.53 bits per heavy atom. The van der Waals surface area contributed by atoms with Crippen LogP contribution in [0.2, 0.25) is 0 Å². The topological polar surface area (TPSA) is 50.9 Å². The van der Waals surface area contributed by atoms with Crippen molar-refractivity contribution in [2.24, 2.45) is 0 Å². The van der Waals surface area contributed by atoms with E-state index in [2.05, 4.69) is 17.2 Å². The van der Waals surface area contributed by atoms with Crippen LogP contribution < -0.4 is 11.1 Å². The summed E-state index contributed by atoms with van der Waals surface area (Å²) >= 11 is 1.58. The van der Waals surface area contributed by atoms with Crippen LogP contribution in [0.3, 0.4) is 0 Å². The van der Waals surface area contributed by atoms with Gasteiger partial charge < -0.3 is 11.1 Å². The van der Waals surface area contributed by atoms with Gasteiger partial charge in [0.15, 0.2) is 0 Å². The van der Waals surface area contributed by atoms with Crippen molar-refractivity contribution in [3.63, 3.8) is 0 Å². The van der Waals surface area contributed by atoms with E-state index in [4.69, 9.17) is 5.73 Å². The van der Waals surface area contributed by atoms with Crippen molar-refractivity contribution in [2.45, 2.75) is 19.4 Å². The molecule has 0 bridgehead atoms. The van der Waals surface area contributed by atoms with Crippen molar-refractivity contribution in [3.8, 4) is 0 Å². The molecule has 0 fully saturated rings. The lowest BCUT2D eigenvalue weighted by atomic mass is 10.2. The third-order valence-electron chi connectivity index (χ3n) is 2.50. The third-order valence-corrected chi connectivity index (χ3v) is 3.39. The average Bonchev–Trinajstić information content (AvgIpc) is 2.84. The van der Waals surface area contributed by atoms with Gasteiger partial charge in [0.25, 0.3) is 0 Å². The molecule has 1 unspecified atom stereocenters. The molecular weight excluding hydrogens is 237 g/mol. The van der Waals surface area contributed by atoms with E-state index in [0.29, 0.717) is 11.4 Å². The first-order chi connectivity index (χ1) is 8.20. The summed E-state index contributed by atoms with van der Waals surface area (Å²) in [5, 5.41) is 6.13. The van der Waals surface area contributed by atoms with Gasteiger partial charge in [0.1, 0.15) is 10.8 Å². The summed E-state index contributed by atoms with van der Waals surface area (Å²) in [6.07, 6.45) is 2.63. The SMILES string of the molecule is CCC(Nc1cc(F)ccc1N)c1nccs1. The van der Waals surface area contributed by atoms with E-state index in [-0.39, 0.29) is 11.9 Å². The smallest absolute Gasteiger partial charge is 0.125 e. The van der Waals surface area contributed by atoms with Crippen LogP contribution in [0.4, 0.5) is 15.8 Å². The number of thiazole rings is 1. The number of hydrogen-bond acceptors (Lipinski definition) is 4. The van der Waals surface area contributed by atoms with E-state index in [9.17, 15) is 4.39 Å². The lowest BCUT2D eigenvalue weighted by Gasteiger charge is -2.17. The molecule has 0 amide bonds. The molecule has 1 aromatic carbocycles. The fourth-order valence-corrected chi connectivity index (χ4v) is 2.36. The Labute approximate surface area is 103 Å².